The van der Waals surface area contributed by atoms with Gasteiger partial charge in [-0.3, -0.25) is 9.48 Å². The van der Waals surface area contributed by atoms with Gasteiger partial charge in [0.15, 0.2) is 0 Å². The summed E-state index contributed by atoms with van der Waals surface area (Å²) in [6.45, 7) is 4.66. The van der Waals surface area contributed by atoms with Crippen molar-refractivity contribution in [3.8, 4) is 0 Å². The number of hydrogen-bond donors (Lipinski definition) is 2. The number of hydrogen-bond acceptors (Lipinski definition) is 3. The highest BCUT2D eigenvalue weighted by molar-refractivity contribution is 5.95. The van der Waals surface area contributed by atoms with E-state index in [4.69, 9.17) is 5.73 Å². The fraction of sp³-hybridized carbons (Fsp3) is 0.333. The number of nitrogens with two attached hydrogens (primary N) is 1. The number of rotatable bonds is 5. The lowest BCUT2D eigenvalue weighted by Crippen LogP contribution is -2.14. The highest BCUT2D eigenvalue weighted by atomic mass is 16.1. The number of benzene rings is 1. The Labute approximate surface area is 118 Å². The van der Waals surface area contributed by atoms with Gasteiger partial charge in [-0.05, 0) is 31.0 Å². The number of nitrogens with one attached hydrogen (secondary N) is 1. The lowest BCUT2D eigenvalue weighted by Gasteiger charge is -2.11. The van der Waals surface area contributed by atoms with E-state index >= 15 is 0 Å². The lowest BCUT2D eigenvalue weighted by atomic mass is 10.1. The minimum atomic E-state index is -0.401. The van der Waals surface area contributed by atoms with Crippen LogP contribution in [0, 0.1) is 6.92 Å². The van der Waals surface area contributed by atoms with Gasteiger partial charge in [-0.15, -0.1) is 0 Å². The average molecular weight is 272 g/mol. The molecule has 0 radical (unpaired) electrons. The van der Waals surface area contributed by atoms with Gasteiger partial charge < -0.3 is 11.1 Å². The molecule has 0 saturated carbocycles. The summed E-state index contributed by atoms with van der Waals surface area (Å²) in [6, 6.07) is 5.52. The summed E-state index contributed by atoms with van der Waals surface area (Å²) in [5.74, 6) is -0.401. The van der Waals surface area contributed by atoms with E-state index in [2.05, 4.69) is 17.3 Å². The number of carbonyl (C=O) groups excluding carboxylic acids is 1. The summed E-state index contributed by atoms with van der Waals surface area (Å²) < 4.78 is 1.82. The molecule has 0 aliphatic rings. The smallest absolute Gasteiger partial charge is 0.249 e. The van der Waals surface area contributed by atoms with Gasteiger partial charge in [0.1, 0.15) is 0 Å². The van der Waals surface area contributed by atoms with E-state index < -0.39 is 5.91 Å². The molecule has 5 nitrogen and oxygen atoms in total. The fourth-order valence-corrected chi connectivity index (χ4v) is 2.31. The Hall–Kier alpha value is -2.30. The van der Waals surface area contributed by atoms with Gasteiger partial charge in [-0.1, -0.05) is 13.0 Å². The van der Waals surface area contributed by atoms with Crippen molar-refractivity contribution in [2.45, 2.75) is 26.8 Å². The van der Waals surface area contributed by atoms with Crippen LogP contribution in [0.4, 0.5) is 5.69 Å². The third-order valence-corrected chi connectivity index (χ3v) is 3.40. The van der Waals surface area contributed by atoms with Crippen molar-refractivity contribution in [3.63, 3.8) is 0 Å². The molecule has 0 aliphatic heterocycles. The van der Waals surface area contributed by atoms with Gasteiger partial charge in [-0.25, -0.2) is 0 Å². The molecule has 106 valence electrons. The number of primary amides is 1. The molecular weight excluding hydrogens is 252 g/mol. The van der Waals surface area contributed by atoms with E-state index in [1.807, 2.05) is 37.0 Å². The molecule has 1 aromatic carbocycles. The SMILES string of the molecule is CCc1nn(C)cc1CNc1cccc(C(N)=O)c1C. The summed E-state index contributed by atoms with van der Waals surface area (Å²) in [6.07, 6.45) is 2.91. The number of amides is 1. The van der Waals surface area contributed by atoms with Crippen molar-refractivity contribution in [3.05, 3.63) is 46.8 Å². The number of aromatic nitrogens is 2. The Kier molecular flexibility index (Phi) is 4.08. The van der Waals surface area contributed by atoms with Gasteiger partial charge in [0.2, 0.25) is 5.91 Å². The monoisotopic (exact) mass is 272 g/mol. The molecule has 5 heteroatoms. The summed E-state index contributed by atoms with van der Waals surface area (Å²) in [5.41, 5.74) is 9.96. The Morgan fingerprint density at radius 1 is 1.45 bits per heavy atom. The molecule has 0 spiro atoms. The van der Waals surface area contributed by atoms with Crippen molar-refractivity contribution < 1.29 is 4.79 Å². The standard InChI is InChI=1S/C15H20N4O/c1-4-13-11(9-19(3)18-13)8-17-14-7-5-6-12(10(14)2)15(16)20/h5-7,9,17H,4,8H2,1-3H3,(H2,16,20). The van der Waals surface area contributed by atoms with Crippen LogP contribution in [0.5, 0.6) is 0 Å². The van der Waals surface area contributed by atoms with Crippen molar-refractivity contribution in [1.29, 1.82) is 0 Å². The summed E-state index contributed by atoms with van der Waals surface area (Å²) in [4.78, 5) is 11.3. The van der Waals surface area contributed by atoms with Crippen molar-refractivity contribution in [1.82, 2.24) is 9.78 Å². The van der Waals surface area contributed by atoms with Crippen LogP contribution in [0.1, 0.15) is 34.1 Å². The Balaban J connectivity index is 2.19. The summed E-state index contributed by atoms with van der Waals surface area (Å²) >= 11 is 0. The molecule has 0 saturated heterocycles. The van der Waals surface area contributed by atoms with Crippen LogP contribution in [0.15, 0.2) is 24.4 Å². The molecule has 0 aliphatic carbocycles. The minimum absolute atomic E-state index is 0.401. The van der Waals surface area contributed by atoms with Crippen LogP contribution in [-0.4, -0.2) is 15.7 Å². The van der Waals surface area contributed by atoms with E-state index in [9.17, 15) is 4.79 Å². The predicted octanol–water partition coefficient (Wildman–Crippen LogP) is 2.00. The van der Waals surface area contributed by atoms with Crippen molar-refractivity contribution in [2.24, 2.45) is 12.8 Å². The lowest BCUT2D eigenvalue weighted by molar-refractivity contribution is 0.1000. The largest absolute Gasteiger partial charge is 0.381 e. The average Bonchev–Trinajstić information content (AvgIpc) is 2.77. The van der Waals surface area contributed by atoms with Gasteiger partial charge in [0.25, 0.3) is 0 Å². The predicted molar refractivity (Wildman–Crippen MR) is 79.6 cm³/mol. The van der Waals surface area contributed by atoms with Crippen molar-refractivity contribution >= 4 is 11.6 Å². The van der Waals surface area contributed by atoms with Crippen LogP contribution in [0.2, 0.25) is 0 Å². The molecule has 2 aromatic rings. The Morgan fingerprint density at radius 3 is 2.85 bits per heavy atom. The molecule has 1 amide bonds. The topological polar surface area (TPSA) is 72.9 Å². The third-order valence-electron chi connectivity index (χ3n) is 3.40. The Bertz CT molecular complexity index is 631. The maximum atomic E-state index is 11.3. The van der Waals surface area contributed by atoms with E-state index in [-0.39, 0.29) is 0 Å². The zero-order chi connectivity index (χ0) is 14.7. The first kappa shape index (κ1) is 14.1. The highest BCUT2D eigenvalue weighted by Gasteiger charge is 2.10. The van der Waals surface area contributed by atoms with Crippen LogP contribution < -0.4 is 11.1 Å². The van der Waals surface area contributed by atoms with Crippen LogP contribution in [0.3, 0.4) is 0 Å². The molecule has 3 N–H and O–H groups in total. The number of carbonyl (C=O) groups is 1. The molecule has 1 heterocycles. The van der Waals surface area contributed by atoms with E-state index in [0.717, 1.165) is 23.4 Å². The first-order valence-electron chi connectivity index (χ1n) is 6.67. The first-order valence-corrected chi connectivity index (χ1v) is 6.67. The van der Waals surface area contributed by atoms with Gasteiger partial charge in [0.05, 0.1) is 5.69 Å². The fourth-order valence-electron chi connectivity index (χ4n) is 2.31. The normalized spacial score (nSPS) is 10.6. The second-order valence-electron chi connectivity index (χ2n) is 4.82. The second-order valence-corrected chi connectivity index (χ2v) is 4.82. The molecular formula is C15H20N4O. The van der Waals surface area contributed by atoms with Gasteiger partial charge in [-0.2, -0.15) is 5.10 Å². The van der Waals surface area contributed by atoms with Gasteiger partial charge in [0, 0.05) is 36.6 Å². The van der Waals surface area contributed by atoms with Crippen LogP contribution in [0.25, 0.3) is 0 Å². The quantitative estimate of drug-likeness (QED) is 0.874. The highest BCUT2D eigenvalue weighted by Crippen LogP contribution is 2.20. The molecule has 2 rings (SSSR count). The minimum Gasteiger partial charge on any atom is -0.381 e. The zero-order valence-electron chi connectivity index (χ0n) is 12.1. The van der Waals surface area contributed by atoms with Crippen molar-refractivity contribution in [2.75, 3.05) is 5.32 Å². The molecule has 0 unspecified atom stereocenters. The molecule has 1 aromatic heterocycles. The number of aryl methyl sites for hydroxylation is 2. The second kappa shape index (κ2) is 5.77. The van der Waals surface area contributed by atoms with E-state index in [1.165, 1.54) is 5.56 Å². The Morgan fingerprint density at radius 2 is 2.20 bits per heavy atom. The molecule has 0 atom stereocenters. The maximum Gasteiger partial charge on any atom is 0.249 e. The number of nitrogens with zero attached hydrogens (tertiary/aromatic N) is 2. The molecule has 0 bridgehead atoms. The van der Waals surface area contributed by atoms with Gasteiger partial charge >= 0.3 is 0 Å². The number of anilines is 1. The van der Waals surface area contributed by atoms with Crippen LogP contribution >= 0.6 is 0 Å². The summed E-state index contributed by atoms with van der Waals surface area (Å²) in [7, 11) is 1.92. The van der Waals surface area contributed by atoms with E-state index in [1.54, 1.807) is 6.07 Å². The zero-order valence-corrected chi connectivity index (χ0v) is 12.1. The first-order chi connectivity index (χ1) is 9.52. The maximum absolute atomic E-state index is 11.3. The third kappa shape index (κ3) is 2.82. The molecule has 20 heavy (non-hydrogen) atoms. The summed E-state index contributed by atoms with van der Waals surface area (Å²) in [5, 5.41) is 7.76. The van der Waals surface area contributed by atoms with E-state index in [0.29, 0.717) is 12.1 Å². The molecule has 0 fully saturated rings. The van der Waals surface area contributed by atoms with Crippen LogP contribution in [-0.2, 0) is 20.0 Å².